The normalized spacial score (nSPS) is 10.8. The third kappa shape index (κ3) is 2.05. The van der Waals surface area contributed by atoms with Gasteiger partial charge in [-0.2, -0.15) is 0 Å². The molecular weight excluding hydrogens is 291 g/mol. The Morgan fingerprint density at radius 1 is 1.54 bits per heavy atom. The predicted octanol–water partition coefficient (Wildman–Crippen LogP) is 1.66. The Hall–Kier alpha value is -0.500. The third-order valence-corrected chi connectivity index (χ3v) is 2.73. The highest BCUT2D eigenvalue weighted by Crippen LogP contribution is 2.28. The number of hydrogen-bond acceptors (Lipinski definition) is 3. The number of anilines is 1. The van der Waals surface area contributed by atoms with Crippen LogP contribution in [0, 0.1) is 3.57 Å². The summed E-state index contributed by atoms with van der Waals surface area (Å²) in [4.78, 5) is 3.59. The van der Waals surface area contributed by atoms with Crippen molar-refractivity contribution >= 4 is 28.3 Å². The second-order valence-corrected chi connectivity index (χ2v) is 3.48. The van der Waals surface area contributed by atoms with Gasteiger partial charge in [-0.1, -0.05) is 0 Å². The molecule has 0 bridgehead atoms. The zero-order valence-electron chi connectivity index (χ0n) is 6.60. The standard InChI is InChI=1S/C7H8F2IN3/c8-7(9)6-4(10)5(12)3(1-11)2-13-6/h2,7H,1,11H2,(H2,12,13). The molecule has 4 N–H and O–H groups in total. The first kappa shape index (κ1) is 10.6. The van der Waals surface area contributed by atoms with Crippen LogP contribution in [0.15, 0.2) is 6.20 Å². The maximum atomic E-state index is 12.3. The number of alkyl halides is 2. The number of hydrogen-bond donors (Lipinski definition) is 2. The van der Waals surface area contributed by atoms with Crippen LogP contribution in [-0.4, -0.2) is 4.98 Å². The maximum Gasteiger partial charge on any atom is 0.281 e. The smallest absolute Gasteiger partial charge is 0.281 e. The van der Waals surface area contributed by atoms with Crippen molar-refractivity contribution in [3.05, 3.63) is 21.0 Å². The molecule has 0 atom stereocenters. The van der Waals surface area contributed by atoms with Gasteiger partial charge in [-0.15, -0.1) is 0 Å². The Morgan fingerprint density at radius 3 is 2.62 bits per heavy atom. The van der Waals surface area contributed by atoms with Crippen LogP contribution in [0.1, 0.15) is 17.7 Å². The highest BCUT2D eigenvalue weighted by Gasteiger charge is 2.16. The fourth-order valence-electron chi connectivity index (χ4n) is 0.867. The van der Waals surface area contributed by atoms with Crippen LogP contribution in [0.5, 0.6) is 0 Å². The predicted molar refractivity (Wildman–Crippen MR) is 54.2 cm³/mol. The Morgan fingerprint density at radius 2 is 2.15 bits per heavy atom. The topological polar surface area (TPSA) is 64.9 Å². The van der Waals surface area contributed by atoms with Gasteiger partial charge in [0.05, 0.1) is 9.26 Å². The summed E-state index contributed by atoms with van der Waals surface area (Å²) in [5, 5.41) is 0. The van der Waals surface area contributed by atoms with Gasteiger partial charge in [0.15, 0.2) is 0 Å². The lowest BCUT2D eigenvalue weighted by Gasteiger charge is -2.08. The monoisotopic (exact) mass is 299 g/mol. The first-order chi connectivity index (χ1) is 6.07. The molecule has 1 heterocycles. The van der Waals surface area contributed by atoms with Gasteiger partial charge in [0.1, 0.15) is 5.69 Å². The van der Waals surface area contributed by atoms with Gasteiger partial charge in [0, 0.05) is 18.3 Å². The van der Waals surface area contributed by atoms with E-state index in [1.54, 1.807) is 22.6 Å². The van der Waals surface area contributed by atoms with Crippen LogP contribution in [0.3, 0.4) is 0 Å². The van der Waals surface area contributed by atoms with E-state index in [0.29, 0.717) is 11.3 Å². The average Bonchev–Trinajstić information content (AvgIpc) is 2.09. The molecule has 3 nitrogen and oxygen atoms in total. The molecule has 0 spiro atoms. The van der Waals surface area contributed by atoms with E-state index < -0.39 is 6.43 Å². The first-order valence-electron chi connectivity index (χ1n) is 3.49. The summed E-state index contributed by atoms with van der Waals surface area (Å²) in [7, 11) is 0. The molecule has 0 saturated heterocycles. The summed E-state index contributed by atoms with van der Waals surface area (Å²) < 4.78 is 24.9. The minimum absolute atomic E-state index is 0.207. The van der Waals surface area contributed by atoms with Crippen molar-refractivity contribution in [3.8, 4) is 0 Å². The molecule has 1 aromatic heterocycles. The van der Waals surface area contributed by atoms with Crippen molar-refractivity contribution in [2.24, 2.45) is 5.73 Å². The molecule has 0 aliphatic heterocycles. The summed E-state index contributed by atoms with van der Waals surface area (Å²) in [5.74, 6) is 0. The lowest BCUT2D eigenvalue weighted by atomic mass is 10.2. The molecule has 1 aromatic rings. The van der Waals surface area contributed by atoms with Gasteiger partial charge in [0.25, 0.3) is 6.43 Å². The molecule has 0 aliphatic rings. The SMILES string of the molecule is NCc1cnc(C(F)F)c(I)c1N. The number of nitrogens with two attached hydrogens (primary N) is 2. The minimum atomic E-state index is -2.60. The van der Waals surface area contributed by atoms with Crippen molar-refractivity contribution in [3.63, 3.8) is 0 Å². The van der Waals surface area contributed by atoms with Gasteiger partial charge >= 0.3 is 0 Å². The van der Waals surface area contributed by atoms with Crippen molar-refractivity contribution in [1.82, 2.24) is 4.98 Å². The zero-order chi connectivity index (χ0) is 10.0. The Balaban J connectivity index is 3.23. The number of nitrogens with zero attached hydrogens (tertiary/aromatic N) is 1. The molecule has 1 rings (SSSR count). The minimum Gasteiger partial charge on any atom is -0.398 e. The number of rotatable bonds is 2. The summed E-state index contributed by atoms with van der Waals surface area (Å²) in [6.07, 6.45) is -1.31. The Bertz CT molecular complexity index is 317. The molecule has 0 aromatic carbocycles. The van der Waals surface area contributed by atoms with Gasteiger partial charge in [-0.25, -0.2) is 8.78 Å². The second-order valence-electron chi connectivity index (χ2n) is 2.40. The summed E-state index contributed by atoms with van der Waals surface area (Å²) in [5.41, 5.74) is 11.5. The van der Waals surface area contributed by atoms with Gasteiger partial charge in [-0.3, -0.25) is 4.98 Å². The average molecular weight is 299 g/mol. The lowest BCUT2D eigenvalue weighted by molar-refractivity contribution is 0.145. The fraction of sp³-hybridized carbons (Fsp3) is 0.286. The lowest BCUT2D eigenvalue weighted by Crippen LogP contribution is -2.07. The Kier molecular flexibility index (Phi) is 3.37. The molecule has 0 saturated carbocycles. The van der Waals surface area contributed by atoms with Gasteiger partial charge < -0.3 is 11.5 Å². The van der Waals surface area contributed by atoms with Crippen molar-refractivity contribution in [2.75, 3.05) is 5.73 Å². The van der Waals surface area contributed by atoms with Crippen LogP contribution in [-0.2, 0) is 6.54 Å². The molecular formula is C7H8F2IN3. The number of pyridine rings is 1. The van der Waals surface area contributed by atoms with Crippen LogP contribution in [0.25, 0.3) is 0 Å². The zero-order valence-corrected chi connectivity index (χ0v) is 8.76. The number of halogens is 3. The highest BCUT2D eigenvalue weighted by atomic mass is 127. The Labute approximate surface area is 87.7 Å². The summed E-state index contributed by atoms with van der Waals surface area (Å²) in [6, 6.07) is 0. The van der Waals surface area contributed by atoms with E-state index in [2.05, 4.69) is 4.98 Å². The van der Waals surface area contributed by atoms with Crippen molar-refractivity contribution in [2.45, 2.75) is 13.0 Å². The fourth-order valence-corrected chi connectivity index (χ4v) is 1.59. The molecule has 0 unspecified atom stereocenters. The largest absolute Gasteiger partial charge is 0.398 e. The molecule has 0 fully saturated rings. The van der Waals surface area contributed by atoms with E-state index in [0.717, 1.165) is 0 Å². The molecule has 0 amide bonds. The van der Waals surface area contributed by atoms with Gasteiger partial charge in [-0.05, 0) is 22.6 Å². The molecule has 72 valence electrons. The summed E-state index contributed by atoms with van der Waals surface area (Å²) >= 11 is 1.75. The molecule has 0 aliphatic carbocycles. The second kappa shape index (κ2) is 4.14. The van der Waals surface area contributed by atoms with E-state index in [1.807, 2.05) is 0 Å². The maximum absolute atomic E-state index is 12.3. The molecule has 0 radical (unpaired) electrons. The van der Waals surface area contributed by atoms with E-state index >= 15 is 0 Å². The van der Waals surface area contributed by atoms with Crippen molar-refractivity contribution < 1.29 is 8.78 Å². The number of aromatic nitrogens is 1. The van der Waals surface area contributed by atoms with Crippen LogP contribution in [0.4, 0.5) is 14.5 Å². The molecule has 13 heavy (non-hydrogen) atoms. The van der Waals surface area contributed by atoms with E-state index in [4.69, 9.17) is 11.5 Å². The van der Waals surface area contributed by atoms with E-state index in [9.17, 15) is 8.78 Å². The van der Waals surface area contributed by atoms with Gasteiger partial charge in [0.2, 0.25) is 0 Å². The third-order valence-electron chi connectivity index (χ3n) is 1.59. The number of nitrogen functional groups attached to an aromatic ring is 1. The summed E-state index contributed by atoms with van der Waals surface area (Å²) in [6.45, 7) is 0.207. The molecule has 6 heteroatoms. The van der Waals surface area contributed by atoms with E-state index in [-0.39, 0.29) is 15.8 Å². The van der Waals surface area contributed by atoms with E-state index in [1.165, 1.54) is 6.20 Å². The van der Waals surface area contributed by atoms with Crippen LogP contribution < -0.4 is 11.5 Å². The van der Waals surface area contributed by atoms with Crippen LogP contribution in [0.2, 0.25) is 0 Å². The quantitative estimate of drug-likeness (QED) is 0.816. The van der Waals surface area contributed by atoms with Crippen LogP contribution >= 0.6 is 22.6 Å². The first-order valence-corrected chi connectivity index (χ1v) is 4.56. The highest BCUT2D eigenvalue weighted by molar-refractivity contribution is 14.1. The van der Waals surface area contributed by atoms with Crippen molar-refractivity contribution in [1.29, 1.82) is 0 Å².